The molecule has 1 heterocycles. The van der Waals surface area contributed by atoms with E-state index in [1.807, 2.05) is 19.0 Å². The summed E-state index contributed by atoms with van der Waals surface area (Å²) in [6.07, 6.45) is 1.02. The summed E-state index contributed by atoms with van der Waals surface area (Å²) < 4.78 is 4.94. The minimum Gasteiger partial charge on any atom is -0.448 e. The van der Waals surface area contributed by atoms with Crippen molar-refractivity contribution < 1.29 is 9.53 Å². The zero-order valence-corrected chi connectivity index (χ0v) is 9.99. The van der Waals surface area contributed by atoms with Crippen LogP contribution in [0.1, 0.15) is 0 Å². The van der Waals surface area contributed by atoms with Gasteiger partial charge in [-0.2, -0.15) is 0 Å². The number of ether oxygens (including phenoxy) is 1. The van der Waals surface area contributed by atoms with E-state index >= 15 is 0 Å². The minimum atomic E-state index is -0.496. The van der Waals surface area contributed by atoms with Crippen LogP contribution >= 0.6 is 11.6 Å². The average molecular weight is 244 g/mol. The van der Waals surface area contributed by atoms with E-state index in [9.17, 15) is 4.79 Å². The second-order valence-corrected chi connectivity index (χ2v) is 3.82. The molecule has 0 unspecified atom stereocenters. The molecule has 0 radical (unpaired) electrons. The minimum absolute atomic E-state index is 0.325. The number of carbonyl (C=O) groups is 1. The van der Waals surface area contributed by atoms with E-state index in [-0.39, 0.29) is 0 Å². The number of hydrogen-bond donors (Lipinski definition) is 1. The molecule has 0 aliphatic rings. The Labute approximate surface area is 99.4 Å². The van der Waals surface area contributed by atoms with E-state index in [2.05, 4.69) is 10.3 Å². The Balaban J connectivity index is 2.34. The van der Waals surface area contributed by atoms with Gasteiger partial charge in [0.15, 0.2) is 0 Å². The van der Waals surface area contributed by atoms with Gasteiger partial charge in [-0.25, -0.2) is 9.78 Å². The van der Waals surface area contributed by atoms with Gasteiger partial charge in [-0.3, -0.25) is 5.32 Å². The molecule has 0 bridgehead atoms. The van der Waals surface area contributed by atoms with Crippen molar-refractivity contribution in [1.29, 1.82) is 0 Å². The van der Waals surface area contributed by atoms with Crippen molar-refractivity contribution in [2.24, 2.45) is 0 Å². The van der Waals surface area contributed by atoms with Gasteiger partial charge in [0.05, 0.1) is 0 Å². The van der Waals surface area contributed by atoms with Gasteiger partial charge in [-0.1, -0.05) is 11.6 Å². The first kappa shape index (κ1) is 12.7. The summed E-state index contributed by atoms with van der Waals surface area (Å²) in [5, 5.41) is 2.88. The summed E-state index contributed by atoms with van der Waals surface area (Å²) in [7, 11) is 3.81. The van der Waals surface area contributed by atoms with E-state index in [4.69, 9.17) is 16.3 Å². The van der Waals surface area contributed by atoms with Crippen LogP contribution in [-0.2, 0) is 4.74 Å². The summed E-state index contributed by atoms with van der Waals surface area (Å²) >= 11 is 5.66. The summed E-state index contributed by atoms with van der Waals surface area (Å²) in [6, 6.07) is 3.19. The number of carbonyl (C=O) groups excluding carboxylic acids is 1. The molecule has 0 saturated heterocycles. The van der Waals surface area contributed by atoms with E-state index < -0.39 is 6.09 Å². The zero-order chi connectivity index (χ0) is 12.0. The van der Waals surface area contributed by atoms with Crippen LogP contribution in [0.5, 0.6) is 0 Å². The molecule has 0 aliphatic carbocycles. The highest BCUT2D eigenvalue weighted by Crippen LogP contribution is 2.11. The predicted molar refractivity (Wildman–Crippen MR) is 62.8 cm³/mol. The molecule has 1 amide bonds. The van der Waals surface area contributed by atoms with E-state index in [1.165, 1.54) is 6.20 Å². The molecule has 0 aromatic carbocycles. The number of rotatable bonds is 4. The highest BCUT2D eigenvalue weighted by Gasteiger charge is 2.03. The third-order valence-corrected chi connectivity index (χ3v) is 1.95. The maximum Gasteiger partial charge on any atom is 0.411 e. The molecule has 88 valence electrons. The van der Waals surface area contributed by atoms with Crippen molar-refractivity contribution in [2.75, 3.05) is 32.6 Å². The van der Waals surface area contributed by atoms with E-state index in [0.29, 0.717) is 24.0 Å². The third-order valence-electron chi connectivity index (χ3n) is 1.74. The van der Waals surface area contributed by atoms with Gasteiger partial charge in [0.2, 0.25) is 0 Å². The van der Waals surface area contributed by atoms with Crippen LogP contribution < -0.4 is 5.32 Å². The molecule has 1 aromatic rings. The number of nitrogens with zero attached hydrogens (tertiary/aromatic N) is 2. The molecule has 5 nitrogen and oxygen atoms in total. The molecule has 1 rings (SSSR count). The number of anilines is 1. The van der Waals surface area contributed by atoms with Gasteiger partial charge in [-0.15, -0.1) is 0 Å². The fourth-order valence-electron chi connectivity index (χ4n) is 0.955. The number of likely N-dealkylation sites (N-methyl/N-ethyl adjacent to an activating group) is 1. The molecule has 6 heteroatoms. The average Bonchev–Trinajstić information content (AvgIpc) is 2.16. The van der Waals surface area contributed by atoms with Gasteiger partial charge in [0, 0.05) is 18.4 Å². The normalized spacial score (nSPS) is 10.2. The van der Waals surface area contributed by atoms with Gasteiger partial charge in [0.25, 0.3) is 0 Å². The number of hydrogen-bond acceptors (Lipinski definition) is 4. The van der Waals surface area contributed by atoms with Crippen molar-refractivity contribution in [3.05, 3.63) is 23.5 Å². The first-order valence-electron chi connectivity index (χ1n) is 4.78. The van der Waals surface area contributed by atoms with Crippen LogP contribution in [0, 0.1) is 0 Å². The molecule has 0 aliphatic heterocycles. The van der Waals surface area contributed by atoms with Crippen LogP contribution in [0.25, 0.3) is 0 Å². The number of aromatic nitrogens is 1. The van der Waals surface area contributed by atoms with E-state index in [0.717, 1.165) is 0 Å². The molecule has 0 fully saturated rings. The van der Waals surface area contributed by atoms with Crippen molar-refractivity contribution in [2.45, 2.75) is 0 Å². The smallest absolute Gasteiger partial charge is 0.411 e. The standard InChI is InChI=1S/C10H14ClN3O2/c1-14(2)5-6-16-10(15)13-8-3-4-12-9(11)7-8/h3-4,7H,5-6H2,1-2H3,(H,12,13,15). The second kappa shape index (κ2) is 6.30. The third kappa shape index (κ3) is 4.95. The lowest BCUT2D eigenvalue weighted by Crippen LogP contribution is -2.22. The van der Waals surface area contributed by atoms with Crippen LogP contribution in [0.2, 0.25) is 5.15 Å². The molecule has 1 aromatic heterocycles. The van der Waals surface area contributed by atoms with Crippen molar-refractivity contribution in [1.82, 2.24) is 9.88 Å². The number of amides is 1. The monoisotopic (exact) mass is 243 g/mol. The Morgan fingerprint density at radius 2 is 2.38 bits per heavy atom. The van der Waals surface area contributed by atoms with Gasteiger partial charge in [0.1, 0.15) is 11.8 Å². The first-order valence-corrected chi connectivity index (χ1v) is 5.16. The van der Waals surface area contributed by atoms with E-state index in [1.54, 1.807) is 12.1 Å². The Bertz CT molecular complexity index is 358. The van der Waals surface area contributed by atoms with Crippen LogP contribution in [-0.4, -0.2) is 43.2 Å². The van der Waals surface area contributed by atoms with Gasteiger partial charge >= 0.3 is 6.09 Å². The maximum atomic E-state index is 11.3. The zero-order valence-electron chi connectivity index (χ0n) is 9.24. The largest absolute Gasteiger partial charge is 0.448 e. The quantitative estimate of drug-likeness (QED) is 0.820. The van der Waals surface area contributed by atoms with Crippen LogP contribution in [0.15, 0.2) is 18.3 Å². The molecule has 0 spiro atoms. The van der Waals surface area contributed by atoms with Crippen molar-refractivity contribution in [3.8, 4) is 0 Å². The fraction of sp³-hybridized carbons (Fsp3) is 0.400. The molecule has 1 N–H and O–H groups in total. The second-order valence-electron chi connectivity index (χ2n) is 3.43. The first-order chi connectivity index (χ1) is 7.58. The number of halogens is 1. The summed E-state index contributed by atoms with van der Waals surface area (Å²) in [5.74, 6) is 0. The summed E-state index contributed by atoms with van der Waals surface area (Å²) in [4.78, 5) is 17.0. The lowest BCUT2D eigenvalue weighted by molar-refractivity contribution is 0.151. The Kier molecular flexibility index (Phi) is 5.01. The SMILES string of the molecule is CN(C)CCOC(=O)Nc1ccnc(Cl)c1. The fourth-order valence-corrected chi connectivity index (χ4v) is 1.13. The molecular weight excluding hydrogens is 230 g/mol. The summed E-state index contributed by atoms with van der Waals surface area (Å²) in [6.45, 7) is 1.03. The highest BCUT2D eigenvalue weighted by atomic mass is 35.5. The van der Waals surface area contributed by atoms with Crippen LogP contribution in [0.3, 0.4) is 0 Å². The van der Waals surface area contributed by atoms with Crippen molar-refractivity contribution >= 4 is 23.4 Å². The number of nitrogens with one attached hydrogen (secondary N) is 1. The predicted octanol–water partition coefficient (Wildman–Crippen LogP) is 1.85. The molecule has 0 saturated carbocycles. The highest BCUT2D eigenvalue weighted by molar-refractivity contribution is 6.29. The lowest BCUT2D eigenvalue weighted by atomic mass is 10.4. The molecule has 0 atom stereocenters. The molecular formula is C10H14ClN3O2. The topological polar surface area (TPSA) is 54.5 Å². The maximum absolute atomic E-state index is 11.3. The Morgan fingerprint density at radius 3 is 3.00 bits per heavy atom. The van der Waals surface area contributed by atoms with Crippen LogP contribution in [0.4, 0.5) is 10.5 Å². The van der Waals surface area contributed by atoms with Gasteiger partial charge < -0.3 is 9.64 Å². The van der Waals surface area contributed by atoms with Crippen molar-refractivity contribution in [3.63, 3.8) is 0 Å². The van der Waals surface area contributed by atoms with Gasteiger partial charge in [-0.05, 0) is 26.2 Å². The Hall–Kier alpha value is -1.33. The summed E-state index contributed by atoms with van der Waals surface area (Å²) in [5.41, 5.74) is 0.565. The Morgan fingerprint density at radius 1 is 1.62 bits per heavy atom. The lowest BCUT2D eigenvalue weighted by Gasteiger charge is -2.10. The number of pyridine rings is 1. The molecule has 16 heavy (non-hydrogen) atoms.